The third-order valence-corrected chi connectivity index (χ3v) is 4.25. The predicted octanol–water partition coefficient (Wildman–Crippen LogP) is 3.01. The van der Waals surface area contributed by atoms with Gasteiger partial charge in [0.05, 0.1) is 10.6 Å². The fourth-order valence-electron chi connectivity index (χ4n) is 2.94. The van der Waals surface area contributed by atoms with Gasteiger partial charge in [-0.15, -0.1) is 0 Å². The largest absolute Gasteiger partial charge is 0.367 e. The minimum atomic E-state index is -0.387. The van der Waals surface area contributed by atoms with Gasteiger partial charge < -0.3 is 4.90 Å². The zero-order valence-corrected chi connectivity index (χ0v) is 13.4. The molecule has 7 heteroatoms. The Labute approximate surface area is 144 Å². The number of hydrogen-bond donors (Lipinski definition) is 0. The lowest BCUT2D eigenvalue weighted by Crippen LogP contribution is -2.31. The van der Waals surface area contributed by atoms with Crippen LogP contribution in [0.1, 0.15) is 11.3 Å². The van der Waals surface area contributed by atoms with Crippen LogP contribution in [0.4, 0.5) is 11.4 Å². The molecule has 0 amide bonds. The van der Waals surface area contributed by atoms with Gasteiger partial charge in [-0.1, -0.05) is 6.07 Å². The van der Waals surface area contributed by atoms with Gasteiger partial charge in [-0.3, -0.25) is 15.1 Å². The average Bonchev–Trinajstić information content (AvgIpc) is 2.68. The number of benzene rings is 1. The van der Waals surface area contributed by atoms with Crippen molar-refractivity contribution in [2.45, 2.75) is 13.0 Å². The fourth-order valence-corrected chi connectivity index (χ4v) is 2.94. The first-order valence-corrected chi connectivity index (χ1v) is 7.96. The number of aromatic nitrogens is 3. The minimum Gasteiger partial charge on any atom is -0.367 e. The van der Waals surface area contributed by atoms with Crippen LogP contribution < -0.4 is 4.90 Å². The Hall–Kier alpha value is -3.35. The van der Waals surface area contributed by atoms with Gasteiger partial charge in [0.1, 0.15) is 5.69 Å². The maximum absolute atomic E-state index is 10.8. The molecule has 0 radical (unpaired) electrons. The first-order valence-electron chi connectivity index (χ1n) is 7.96. The Morgan fingerprint density at radius 2 is 1.92 bits per heavy atom. The Bertz CT molecular complexity index is 913. The average molecular weight is 333 g/mol. The van der Waals surface area contributed by atoms with Gasteiger partial charge in [0.15, 0.2) is 5.82 Å². The van der Waals surface area contributed by atoms with E-state index in [0.717, 1.165) is 35.6 Å². The Morgan fingerprint density at radius 1 is 1.08 bits per heavy atom. The maximum atomic E-state index is 10.8. The maximum Gasteiger partial charge on any atom is 0.269 e. The summed E-state index contributed by atoms with van der Waals surface area (Å²) in [5.74, 6) is 0.642. The van der Waals surface area contributed by atoms with E-state index in [1.807, 2.05) is 24.4 Å². The highest BCUT2D eigenvalue weighted by Gasteiger charge is 2.20. The lowest BCUT2D eigenvalue weighted by atomic mass is 10.1. The summed E-state index contributed by atoms with van der Waals surface area (Å²) in [6, 6.07) is 12.3. The summed E-state index contributed by atoms with van der Waals surface area (Å²) in [5.41, 5.74) is 3.94. The number of anilines is 1. The predicted molar refractivity (Wildman–Crippen MR) is 93.1 cm³/mol. The van der Waals surface area contributed by atoms with Gasteiger partial charge in [-0.2, -0.15) is 0 Å². The molecule has 3 heterocycles. The number of hydrogen-bond acceptors (Lipinski definition) is 6. The highest BCUT2D eigenvalue weighted by molar-refractivity contribution is 5.54. The molecule has 0 saturated carbocycles. The summed E-state index contributed by atoms with van der Waals surface area (Å²) in [5, 5.41) is 10.8. The number of nitro benzene ring substituents is 1. The zero-order chi connectivity index (χ0) is 17.2. The van der Waals surface area contributed by atoms with Crippen molar-refractivity contribution in [1.29, 1.82) is 0 Å². The summed E-state index contributed by atoms with van der Waals surface area (Å²) in [6.45, 7) is 1.50. The van der Waals surface area contributed by atoms with Gasteiger partial charge in [-0.05, 0) is 24.3 Å². The minimum absolute atomic E-state index is 0.101. The highest BCUT2D eigenvalue weighted by Crippen LogP contribution is 2.26. The van der Waals surface area contributed by atoms with Crippen molar-refractivity contribution in [2.24, 2.45) is 0 Å². The topological polar surface area (TPSA) is 85.0 Å². The summed E-state index contributed by atoms with van der Waals surface area (Å²) >= 11 is 0. The third kappa shape index (κ3) is 3.03. The van der Waals surface area contributed by atoms with Gasteiger partial charge in [0.25, 0.3) is 5.69 Å². The molecule has 7 nitrogen and oxygen atoms in total. The molecule has 0 aliphatic carbocycles. The second-order valence-corrected chi connectivity index (χ2v) is 5.83. The zero-order valence-electron chi connectivity index (χ0n) is 13.4. The van der Waals surface area contributed by atoms with Gasteiger partial charge in [0, 0.05) is 55.3 Å². The molecule has 25 heavy (non-hydrogen) atoms. The molecule has 0 atom stereocenters. The van der Waals surface area contributed by atoms with E-state index >= 15 is 0 Å². The molecule has 124 valence electrons. The van der Waals surface area contributed by atoms with Crippen molar-refractivity contribution in [3.05, 3.63) is 76.2 Å². The summed E-state index contributed by atoms with van der Waals surface area (Å²) in [6.07, 6.45) is 4.38. The van der Waals surface area contributed by atoms with Gasteiger partial charge >= 0.3 is 0 Å². The number of non-ortho nitro benzene ring substituents is 1. The molecule has 0 spiro atoms. The van der Waals surface area contributed by atoms with E-state index in [9.17, 15) is 10.1 Å². The van der Waals surface area contributed by atoms with Crippen LogP contribution in [0.15, 0.2) is 54.9 Å². The molecule has 0 N–H and O–H groups in total. The smallest absolute Gasteiger partial charge is 0.269 e. The molecule has 2 aromatic heterocycles. The first-order chi connectivity index (χ1) is 12.2. The molecule has 0 fully saturated rings. The second kappa shape index (κ2) is 6.27. The molecule has 3 aromatic rings. The second-order valence-electron chi connectivity index (χ2n) is 5.83. The number of nitro groups is 1. The van der Waals surface area contributed by atoms with Crippen LogP contribution in [0.3, 0.4) is 0 Å². The van der Waals surface area contributed by atoms with Crippen LogP contribution in [-0.2, 0) is 13.0 Å². The normalized spacial score (nSPS) is 13.4. The van der Waals surface area contributed by atoms with Crippen LogP contribution in [0.2, 0.25) is 0 Å². The van der Waals surface area contributed by atoms with Crippen molar-refractivity contribution in [3.63, 3.8) is 0 Å². The number of nitrogens with zero attached hydrogens (tertiary/aromatic N) is 5. The lowest BCUT2D eigenvalue weighted by molar-refractivity contribution is -0.384. The fraction of sp³-hybridized carbons (Fsp3) is 0.167. The molecular formula is C18H15N5O2. The number of pyridine rings is 1. The van der Waals surface area contributed by atoms with Crippen molar-refractivity contribution in [3.8, 4) is 11.5 Å². The van der Waals surface area contributed by atoms with Gasteiger partial charge in [0.2, 0.25) is 0 Å². The van der Waals surface area contributed by atoms with E-state index in [4.69, 9.17) is 0 Å². The van der Waals surface area contributed by atoms with Crippen molar-refractivity contribution >= 4 is 11.4 Å². The number of rotatable bonds is 3. The monoisotopic (exact) mass is 333 g/mol. The van der Waals surface area contributed by atoms with E-state index in [1.165, 1.54) is 12.1 Å². The third-order valence-electron chi connectivity index (χ3n) is 4.25. The lowest BCUT2D eigenvalue weighted by Gasteiger charge is -2.30. The Morgan fingerprint density at radius 3 is 2.64 bits per heavy atom. The molecule has 4 rings (SSSR count). The molecule has 0 bridgehead atoms. The Balaban J connectivity index is 1.56. The van der Waals surface area contributed by atoms with E-state index < -0.39 is 0 Å². The van der Waals surface area contributed by atoms with Crippen molar-refractivity contribution in [1.82, 2.24) is 15.0 Å². The number of fused-ring (bicyclic) bond motifs is 1. The molecule has 1 aliphatic rings. The van der Waals surface area contributed by atoms with E-state index in [2.05, 4.69) is 19.9 Å². The standard InChI is InChI=1S/C18H15N5O2/c24-23(25)15-6-4-14(5-7-15)22-10-8-16-13(12-22)11-20-18(21-16)17-3-1-2-9-19-17/h1-7,9,11H,8,10,12H2. The molecule has 0 saturated heterocycles. The van der Waals surface area contributed by atoms with E-state index in [-0.39, 0.29) is 10.6 Å². The van der Waals surface area contributed by atoms with Gasteiger partial charge in [-0.25, -0.2) is 9.97 Å². The molecule has 0 unspecified atom stereocenters. The van der Waals surface area contributed by atoms with Crippen molar-refractivity contribution < 1.29 is 4.92 Å². The SMILES string of the molecule is O=[N+]([O-])c1ccc(N2CCc3nc(-c4ccccn4)ncc3C2)cc1. The highest BCUT2D eigenvalue weighted by atomic mass is 16.6. The first kappa shape index (κ1) is 15.2. The summed E-state index contributed by atoms with van der Waals surface area (Å²) in [7, 11) is 0. The van der Waals surface area contributed by atoms with Crippen LogP contribution in [0, 0.1) is 10.1 Å². The quantitative estimate of drug-likeness (QED) is 0.541. The molecule has 1 aliphatic heterocycles. The Kier molecular flexibility index (Phi) is 3.81. The molecular weight excluding hydrogens is 318 g/mol. The van der Waals surface area contributed by atoms with E-state index in [0.29, 0.717) is 12.4 Å². The van der Waals surface area contributed by atoms with E-state index in [1.54, 1.807) is 18.3 Å². The van der Waals surface area contributed by atoms with Crippen LogP contribution in [-0.4, -0.2) is 26.4 Å². The van der Waals surface area contributed by atoms with Crippen LogP contribution in [0.5, 0.6) is 0 Å². The van der Waals surface area contributed by atoms with Crippen molar-refractivity contribution in [2.75, 3.05) is 11.4 Å². The molecule has 1 aromatic carbocycles. The van der Waals surface area contributed by atoms with Crippen LogP contribution in [0.25, 0.3) is 11.5 Å². The van der Waals surface area contributed by atoms with Crippen LogP contribution >= 0.6 is 0 Å². The summed E-state index contributed by atoms with van der Waals surface area (Å²) < 4.78 is 0. The summed E-state index contributed by atoms with van der Waals surface area (Å²) in [4.78, 5) is 26.0.